The summed E-state index contributed by atoms with van der Waals surface area (Å²) in [5.74, 6) is -4.65. The van der Waals surface area contributed by atoms with Gasteiger partial charge in [0.2, 0.25) is 17.7 Å². The summed E-state index contributed by atoms with van der Waals surface area (Å²) >= 11 is 1.41. The number of amides is 3. The zero-order chi connectivity index (χ0) is 24.8. The quantitative estimate of drug-likeness (QED) is 0.137. The van der Waals surface area contributed by atoms with Gasteiger partial charge in [-0.05, 0) is 30.8 Å². The molecule has 32 heavy (non-hydrogen) atoms. The van der Waals surface area contributed by atoms with E-state index in [1.54, 1.807) is 20.1 Å². The van der Waals surface area contributed by atoms with Gasteiger partial charge in [-0.15, -0.1) is 0 Å². The number of aliphatic hydroxyl groups excluding tert-OH is 1. The van der Waals surface area contributed by atoms with E-state index in [0.29, 0.717) is 12.2 Å². The van der Waals surface area contributed by atoms with Gasteiger partial charge in [0, 0.05) is 6.42 Å². The molecule has 0 aromatic heterocycles. The van der Waals surface area contributed by atoms with Crippen LogP contribution in [-0.2, 0) is 24.0 Å². The second-order valence-corrected chi connectivity index (χ2v) is 8.32. The minimum atomic E-state index is -1.31. The van der Waals surface area contributed by atoms with Crippen molar-refractivity contribution in [3.8, 4) is 0 Å². The summed E-state index contributed by atoms with van der Waals surface area (Å²) in [6, 6.07) is -4.87. The Morgan fingerprint density at radius 1 is 0.938 bits per heavy atom. The molecule has 0 bridgehead atoms. The summed E-state index contributed by atoms with van der Waals surface area (Å²) in [5.41, 5.74) is 5.43. The lowest BCUT2D eigenvalue weighted by Crippen LogP contribution is -2.58. The summed E-state index contributed by atoms with van der Waals surface area (Å²) in [5, 5.41) is 34.5. The van der Waals surface area contributed by atoms with Gasteiger partial charge in [-0.2, -0.15) is 11.8 Å². The number of carboxylic acid groups (broad SMARTS) is 2. The summed E-state index contributed by atoms with van der Waals surface area (Å²) < 4.78 is 0. The second-order valence-electron chi connectivity index (χ2n) is 7.34. The summed E-state index contributed by atoms with van der Waals surface area (Å²) in [6.45, 7) is 2.78. The maximum absolute atomic E-state index is 12.8. The summed E-state index contributed by atoms with van der Waals surface area (Å²) in [7, 11) is 0. The van der Waals surface area contributed by atoms with Crippen molar-refractivity contribution in [2.45, 2.75) is 63.7 Å². The molecule has 0 aliphatic rings. The van der Waals surface area contributed by atoms with E-state index in [-0.39, 0.29) is 18.8 Å². The van der Waals surface area contributed by atoms with Crippen LogP contribution in [0.4, 0.5) is 0 Å². The third-order valence-corrected chi connectivity index (χ3v) is 5.48. The molecule has 5 atom stereocenters. The SMILES string of the molecule is CCC(C)C(NC(=O)C(CCSC)NC(=O)C(CCC(=O)O)NC(=O)C(N)CO)C(=O)O. The number of carbonyl (C=O) groups is 5. The first kappa shape index (κ1) is 29.6. The van der Waals surface area contributed by atoms with Crippen molar-refractivity contribution in [3.05, 3.63) is 0 Å². The minimum Gasteiger partial charge on any atom is -0.481 e. The highest BCUT2D eigenvalue weighted by Gasteiger charge is 2.31. The standard InChI is InChI=1S/C19H34N4O8S/c1-4-10(2)15(19(30)31)23-18(29)13(7-8-32-3)22-17(28)12(5-6-14(25)26)21-16(27)11(20)9-24/h10-13,15,24H,4-9,20H2,1-3H3,(H,21,27)(H,22,28)(H,23,29)(H,25,26)(H,30,31). The first-order valence-electron chi connectivity index (χ1n) is 10.2. The molecule has 0 heterocycles. The first-order chi connectivity index (χ1) is 15.0. The third-order valence-electron chi connectivity index (χ3n) is 4.83. The van der Waals surface area contributed by atoms with Gasteiger partial charge in [-0.3, -0.25) is 19.2 Å². The van der Waals surface area contributed by atoms with Crippen LogP contribution in [0.2, 0.25) is 0 Å². The van der Waals surface area contributed by atoms with E-state index < -0.39 is 66.9 Å². The number of nitrogens with one attached hydrogen (secondary N) is 3. The molecule has 8 N–H and O–H groups in total. The maximum atomic E-state index is 12.8. The molecule has 0 radical (unpaired) electrons. The van der Waals surface area contributed by atoms with Crippen LogP contribution in [-0.4, -0.2) is 87.8 Å². The van der Waals surface area contributed by atoms with Gasteiger partial charge in [0.15, 0.2) is 0 Å². The highest BCUT2D eigenvalue weighted by atomic mass is 32.2. The van der Waals surface area contributed by atoms with E-state index in [4.69, 9.17) is 15.9 Å². The number of nitrogens with two attached hydrogens (primary N) is 1. The molecule has 0 saturated carbocycles. The number of thioether (sulfide) groups is 1. The van der Waals surface area contributed by atoms with Gasteiger partial charge >= 0.3 is 11.9 Å². The minimum absolute atomic E-state index is 0.182. The fourth-order valence-corrected chi connectivity index (χ4v) is 3.08. The van der Waals surface area contributed by atoms with Crippen molar-refractivity contribution in [2.75, 3.05) is 18.6 Å². The molecule has 0 aliphatic carbocycles. The number of hydrogen-bond acceptors (Lipinski definition) is 8. The Balaban J connectivity index is 5.51. The fourth-order valence-electron chi connectivity index (χ4n) is 2.61. The van der Waals surface area contributed by atoms with Crippen molar-refractivity contribution in [1.82, 2.24) is 16.0 Å². The van der Waals surface area contributed by atoms with Crippen LogP contribution < -0.4 is 21.7 Å². The molecule has 3 amide bonds. The Morgan fingerprint density at radius 3 is 1.94 bits per heavy atom. The molecular weight excluding hydrogens is 444 g/mol. The average Bonchev–Trinajstić information content (AvgIpc) is 2.75. The third kappa shape index (κ3) is 10.8. The first-order valence-corrected chi connectivity index (χ1v) is 11.6. The molecule has 0 aromatic rings. The molecule has 184 valence electrons. The lowest BCUT2D eigenvalue weighted by atomic mass is 9.98. The van der Waals surface area contributed by atoms with Crippen LogP contribution in [0.3, 0.4) is 0 Å². The second kappa shape index (κ2) is 15.4. The van der Waals surface area contributed by atoms with E-state index in [1.807, 2.05) is 0 Å². The van der Waals surface area contributed by atoms with Crippen molar-refractivity contribution >= 4 is 41.4 Å². The summed E-state index contributed by atoms with van der Waals surface area (Å²) in [4.78, 5) is 59.9. The highest BCUT2D eigenvalue weighted by Crippen LogP contribution is 2.10. The predicted octanol–water partition coefficient (Wildman–Crippen LogP) is -1.49. The topological polar surface area (TPSA) is 208 Å². The van der Waals surface area contributed by atoms with Crippen molar-refractivity contribution in [3.63, 3.8) is 0 Å². The van der Waals surface area contributed by atoms with Crippen LogP contribution in [0.15, 0.2) is 0 Å². The van der Waals surface area contributed by atoms with Crippen molar-refractivity contribution < 1.29 is 39.3 Å². The molecule has 0 saturated heterocycles. The van der Waals surface area contributed by atoms with Crippen LogP contribution >= 0.6 is 11.8 Å². The normalized spacial score (nSPS) is 15.5. The Kier molecular flexibility index (Phi) is 14.3. The molecule has 0 rings (SSSR count). The number of rotatable bonds is 16. The maximum Gasteiger partial charge on any atom is 0.326 e. The molecular formula is C19H34N4O8S. The Hall–Kier alpha value is -2.38. The number of carbonyl (C=O) groups excluding carboxylic acids is 3. The number of aliphatic hydroxyl groups is 1. The number of hydrogen-bond donors (Lipinski definition) is 7. The van der Waals surface area contributed by atoms with E-state index in [1.165, 1.54) is 11.8 Å². The summed E-state index contributed by atoms with van der Waals surface area (Å²) in [6.07, 6.45) is 1.77. The number of aliphatic carboxylic acids is 2. The highest BCUT2D eigenvalue weighted by molar-refractivity contribution is 7.98. The fraction of sp³-hybridized carbons (Fsp3) is 0.737. The zero-order valence-corrected chi connectivity index (χ0v) is 19.3. The Morgan fingerprint density at radius 2 is 1.47 bits per heavy atom. The smallest absolute Gasteiger partial charge is 0.326 e. The van der Waals surface area contributed by atoms with Crippen molar-refractivity contribution in [2.24, 2.45) is 11.7 Å². The lowest BCUT2D eigenvalue weighted by molar-refractivity contribution is -0.143. The lowest BCUT2D eigenvalue weighted by Gasteiger charge is -2.26. The Bertz CT molecular complexity index is 663. The monoisotopic (exact) mass is 478 g/mol. The zero-order valence-electron chi connectivity index (χ0n) is 18.5. The van der Waals surface area contributed by atoms with Crippen LogP contribution in [0, 0.1) is 5.92 Å². The molecule has 0 aromatic carbocycles. The van der Waals surface area contributed by atoms with E-state index in [9.17, 15) is 29.1 Å². The van der Waals surface area contributed by atoms with Crippen LogP contribution in [0.5, 0.6) is 0 Å². The molecule has 13 heteroatoms. The van der Waals surface area contributed by atoms with Gasteiger partial charge in [0.1, 0.15) is 24.2 Å². The molecule has 0 aliphatic heterocycles. The average molecular weight is 479 g/mol. The predicted molar refractivity (Wildman–Crippen MR) is 118 cm³/mol. The molecule has 0 spiro atoms. The van der Waals surface area contributed by atoms with E-state index >= 15 is 0 Å². The van der Waals surface area contributed by atoms with Crippen molar-refractivity contribution in [1.29, 1.82) is 0 Å². The van der Waals surface area contributed by atoms with Gasteiger partial charge in [0.05, 0.1) is 6.61 Å². The van der Waals surface area contributed by atoms with Gasteiger partial charge in [0.25, 0.3) is 0 Å². The molecule has 5 unspecified atom stereocenters. The van der Waals surface area contributed by atoms with Crippen LogP contribution in [0.25, 0.3) is 0 Å². The van der Waals surface area contributed by atoms with E-state index in [0.717, 1.165) is 0 Å². The molecule has 0 fully saturated rings. The number of carboxylic acids is 2. The largest absolute Gasteiger partial charge is 0.481 e. The van der Waals surface area contributed by atoms with Gasteiger partial charge in [-0.1, -0.05) is 20.3 Å². The Labute approximate surface area is 191 Å². The van der Waals surface area contributed by atoms with E-state index in [2.05, 4.69) is 16.0 Å². The van der Waals surface area contributed by atoms with Crippen LogP contribution in [0.1, 0.15) is 39.5 Å². The van der Waals surface area contributed by atoms with Gasteiger partial charge < -0.3 is 37.0 Å². The molecule has 12 nitrogen and oxygen atoms in total. The van der Waals surface area contributed by atoms with Gasteiger partial charge in [-0.25, -0.2) is 4.79 Å².